The van der Waals surface area contributed by atoms with Crippen molar-refractivity contribution >= 4 is 0 Å². The summed E-state index contributed by atoms with van der Waals surface area (Å²) in [7, 11) is 0. The summed E-state index contributed by atoms with van der Waals surface area (Å²) in [4.78, 5) is 0. The molecule has 1 rings (SSSR count). The summed E-state index contributed by atoms with van der Waals surface area (Å²) >= 11 is 0. The van der Waals surface area contributed by atoms with Gasteiger partial charge in [-0.05, 0) is 37.1 Å². The molecule has 0 spiro atoms. The molecule has 1 aromatic carbocycles. The molecule has 14 heavy (non-hydrogen) atoms. The second-order valence-corrected chi connectivity index (χ2v) is 3.58. The van der Waals surface area contributed by atoms with Gasteiger partial charge in [-0.1, -0.05) is 31.2 Å². The maximum absolute atomic E-state index is 3.88. The third kappa shape index (κ3) is 2.24. The fourth-order valence-corrected chi connectivity index (χ4v) is 1.84. The molecule has 1 nitrogen and oxygen atoms in total. The zero-order valence-corrected chi connectivity index (χ0v) is 9.30. The van der Waals surface area contributed by atoms with Gasteiger partial charge in [0.1, 0.15) is 0 Å². The van der Waals surface area contributed by atoms with E-state index in [1.54, 1.807) is 0 Å². The highest BCUT2D eigenvalue weighted by molar-refractivity contribution is 5.37. The van der Waals surface area contributed by atoms with Crippen molar-refractivity contribution in [1.29, 1.82) is 0 Å². The van der Waals surface area contributed by atoms with Crippen LogP contribution >= 0.6 is 0 Å². The summed E-state index contributed by atoms with van der Waals surface area (Å²) < 4.78 is 0. The molecule has 76 valence electrons. The van der Waals surface area contributed by atoms with E-state index in [0.717, 1.165) is 6.54 Å². The van der Waals surface area contributed by atoms with E-state index < -0.39 is 0 Å². The Balaban J connectivity index is 3.08. The van der Waals surface area contributed by atoms with Gasteiger partial charge < -0.3 is 5.32 Å². The lowest BCUT2D eigenvalue weighted by Gasteiger charge is -2.18. The largest absolute Gasteiger partial charge is 0.307 e. The van der Waals surface area contributed by atoms with E-state index in [0.29, 0.717) is 0 Å². The smallest absolute Gasteiger partial charge is 0.0508 e. The van der Waals surface area contributed by atoms with Crippen molar-refractivity contribution in [3.8, 4) is 0 Å². The van der Waals surface area contributed by atoms with Gasteiger partial charge in [0.15, 0.2) is 0 Å². The first-order valence-electron chi connectivity index (χ1n) is 5.12. The third-order valence-corrected chi connectivity index (χ3v) is 2.51. The molecule has 1 N–H and O–H groups in total. The maximum Gasteiger partial charge on any atom is 0.0508 e. The molecule has 0 aliphatic carbocycles. The fraction of sp³-hybridized carbons (Fsp3) is 0.385. The second-order valence-electron chi connectivity index (χ2n) is 3.58. The fourth-order valence-electron chi connectivity index (χ4n) is 1.84. The summed E-state index contributed by atoms with van der Waals surface area (Å²) in [5, 5.41) is 3.41. The number of hydrogen-bond donors (Lipinski definition) is 1. The first-order chi connectivity index (χ1) is 6.70. The van der Waals surface area contributed by atoms with Gasteiger partial charge in [-0.3, -0.25) is 0 Å². The van der Waals surface area contributed by atoms with Crippen LogP contribution in [0.1, 0.15) is 29.7 Å². The highest BCUT2D eigenvalue weighted by atomic mass is 14.9. The van der Waals surface area contributed by atoms with Crippen LogP contribution in [0, 0.1) is 13.8 Å². The van der Waals surface area contributed by atoms with Gasteiger partial charge in [0.05, 0.1) is 6.04 Å². The van der Waals surface area contributed by atoms with Crippen LogP contribution in [-0.2, 0) is 0 Å². The van der Waals surface area contributed by atoms with Crippen LogP contribution < -0.4 is 5.32 Å². The Morgan fingerprint density at radius 2 is 1.93 bits per heavy atom. The number of rotatable bonds is 4. The van der Waals surface area contributed by atoms with Crippen molar-refractivity contribution < 1.29 is 0 Å². The monoisotopic (exact) mass is 189 g/mol. The van der Waals surface area contributed by atoms with Crippen LogP contribution in [0.15, 0.2) is 30.9 Å². The van der Waals surface area contributed by atoms with E-state index in [4.69, 9.17) is 0 Å². The molecule has 0 aromatic heterocycles. The Bertz CT molecular complexity index is 295. The normalized spacial score (nSPS) is 12.5. The molecular formula is C13H19N. The van der Waals surface area contributed by atoms with Crippen LogP contribution in [0.3, 0.4) is 0 Å². The summed E-state index contributed by atoms with van der Waals surface area (Å²) in [5.41, 5.74) is 4.02. The standard InChI is InChI=1S/C13H19N/c1-5-12(14-6-2)13-10(3)8-7-9-11(13)4/h5,7-9,12,14H,1,6H2,2-4H3. The second kappa shape index (κ2) is 4.97. The molecule has 0 aliphatic rings. The van der Waals surface area contributed by atoms with Crippen molar-refractivity contribution in [2.75, 3.05) is 6.54 Å². The average Bonchev–Trinajstić information content (AvgIpc) is 2.16. The van der Waals surface area contributed by atoms with Crippen LogP contribution in [-0.4, -0.2) is 6.54 Å². The Morgan fingerprint density at radius 3 is 2.36 bits per heavy atom. The predicted molar refractivity (Wildman–Crippen MR) is 62.5 cm³/mol. The number of nitrogens with one attached hydrogen (secondary N) is 1. The average molecular weight is 189 g/mol. The molecule has 0 radical (unpaired) electrons. The molecule has 0 saturated heterocycles. The number of aryl methyl sites for hydroxylation is 2. The highest BCUT2D eigenvalue weighted by Gasteiger charge is 2.10. The lowest BCUT2D eigenvalue weighted by molar-refractivity contribution is 0.643. The molecule has 1 heteroatoms. The van der Waals surface area contributed by atoms with Crippen molar-refractivity contribution in [3.63, 3.8) is 0 Å². The zero-order chi connectivity index (χ0) is 10.6. The molecule has 0 saturated carbocycles. The van der Waals surface area contributed by atoms with Gasteiger partial charge in [-0.15, -0.1) is 6.58 Å². The van der Waals surface area contributed by atoms with Gasteiger partial charge in [0.25, 0.3) is 0 Å². The van der Waals surface area contributed by atoms with E-state index in [2.05, 4.69) is 50.9 Å². The Labute approximate surface area is 86.8 Å². The molecule has 0 aliphatic heterocycles. The Hall–Kier alpha value is -1.08. The minimum absolute atomic E-state index is 0.279. The van der Waals surface area contributed by atoms with E-state index in [1.165, 1.54) is 16.7 Å². The van der Waals surface area contributed by atoms with E-state index in [1.807, 2.05) is 6.08 Å². The Morgan fingerprint density at radius 1 is 1.36 bits per heavy atom. The number of likely N-dealkylation sites (N-methyl/N-ethyl adjacent to an activating group) is 1. The molecule has 0 heterocycles. The minimum Gasteiger partial charge on any atom is -0.307 e. The molecule has 1 atom stereocenters. The van der Waals surface area contributed by atoms with Crippen LogP contribution in [0.25, 0.3) is 0 Å². The van der Waals surface area contributed by atoms with Gasteiger partial charge >= 0.3 is 0 Å². The lowest BCUT2D eigenvalue weighted by atomic mass is 9.96. The van der Waals surface area contributed by atoms with E-state index in [9.17, 15) is 0 Å². The highest BCUT2D eigenvalue weighted by Crippen LogP contribution is 2.22. The summed E-state index contributed by atoms with van der Waals surface area (Å²) in [6, 6.07) is 6.67. The first kappa shape index (κ1) is 11.0. The van der Waals surface area contributed by atoms with Gasteiger partial charge in [0, 0.05) is 0 Å². The van der Waals surface area contributed by atoms with Crippen molar-refractivity contribution in [2.45, 2.75) is 26.8 Å². The molecule has 0 fully saturated rings. The lowest BCUT2D eigenvalue weighted by Crippen LogP contribution is -2.20. The number of hydrogen-bond acceptors (Lipinski definition) is 1. The van der Waals surface area contributed by atoms with Gasteiger partial charge in [0.2, 0.25) is 0 Å². The van der Waals surface area contributed by atoms with Crippen molar-refractivity contribution in [2.24, 2.45) is 0 Å². The van der Waals surface area contributed by atoms with E-state index in [-0.39, 0.29) is 6.04 Å². The summed E-state index contributed by atoms with van der Waals surface area (Å²) in [5.74, 6) is 0. The predicted octanol–water partition coefficient (Wildman–Crippen LogP) is 3.14. The van der Waals surface area contributed by atoms with Gasteiger partial charge in [-0.2, -0.15) is 0 Å². The van der Waals surface area contributed by atoms with Crippen LogP contribution in [0.2, 0.25) is 0 Å². The molecular weight excluding hydrogens is 170 g/mol. The van der Waals surface area contributed by atoms with Gasteiger partial charge in [-0.25, -0.2) is 0 Å². The Kier molecular flexibility index (Phi) is 3.90. The van der Waals surface area contributed by atoms with Crippen molar-refractivity contribution in [1.82, 2.24) is 5.32 Å². The molecule has 1 aromatic rings. The zero-order valence-electron chi connectivity index (χ0n) is 9.30. The third-order valence-electron chi connectivity index (χ3n) is 2.51. The quantitative estimate of drug-likeness (QED) is 0.717. The van der Waals surface area contributed by atoms with Crippen LogP contribution in [0.4, 0.5) is 0 Å². The minimum atomic E-state index is 0.279. The SMILES string of the molecule is C=CC(NCC)c1c(C)cccc1C. The first-order valence-corrected chi connectivity index (χ1v) is 5.12. The topological polar surface area (TPSA) is 12.0 Å². The molecule has 0 bridgehead atoms. The van der Waals surface area contributed by atoms with Crippen molar-refractivity contribution in [3.05, 3.63) is 47.5 Å². The summed E-state index contributed by atoms with van der Waals surface area (Å²) in [6.45, 7) is 11.3. The molecule has 1 unspecified atom stereocenters. The van der Waals surface area contributed by atoms with E-state index >= 15 is 0 Å². The molecule has 0 amide bonds. The number of benzene rings is 1. The maximum atomic E-state index is 3.88. The summed E-state index contributed by atoms with van der Waals surface area (Å²) in [6.07, 6.45) is 1.97. The van der Waals surface area contributed by atoms with Crippen LogP contribution in [0.5, 0.6) is 0 Å².